The molecule has 1 spiro atoms. The average Bonchev–Trinajstić information content (AvgIpc) is 3.38. The molecule has 1 aromatic heterocycles. The van der Waals surface area contributed by atoms with Crippen molar-refractivity contribution in [2.75, 3.05) is 0 Å². The van der Waals surface area contributed by atoms with E-state index in [1.165, 1.54) is 59.5 Å². The summed E-state index contributed by atoms with van der Waals surface area (Å²) in [6.07, 6.45) is 0. The summed E-state index contributed by atoms with van der Waals surface area (Å²) in [6, 6.07) is 50.6. The number of nitrogens with zero attached hydrogens (tertiary/aromatic N) is 2. The molecule has 2 aliphatic rings. The number of para-hydroxylation sites is 3. The van der Waals surface area contributed by atoms with Crippen molar-refractivity contribution in [3.63, 3.8) is 0 Å². The molecule has 9 rings (SSSR count). The Bertz CT molecular complexity index is 2250. The van der Waals surface area contributed by atoms with Gasteiger partial charge in [-0.1, -0.05) is 103 Å². The van der Waals surface area contributed by atoms with Crippen LogP contribution < -0.4 is 0 Å². The Balaban J connectivity index is 1.47. The van der Waals surface area contributed by atoms with Gasteiger partial charge in [0.15, 0.2) is 0 Å². The highest BCUT2D eigenvalue weighted by Crippen LogP contribution is 2.60. The normalized spacial score (nSPS) is 16.3. The van der Waals surface area contributed by atoms with Crippen molar-refractivity contribution in [1.29, 1.82) is 5.26 Å². The predicted octanol–water partition coefficient (Wildman–Crippen LogP) is 9.48. The van der Waals surface area contributed by atoms with Gasteiger partial charge in [0.1, 0.15) is 0 Å². The fourth-order valence-corrected chi connectivity index (χ4v) is 8.41. The van der Waals surface area contributed by atoms with Gasteiger partial charge in [-0.15, -0.1) is 0 Å². The Kier molecular flexibility index (Phi) is 4.57. The molecule has 0 bridgehead atoms. The van der Waals surface area contributed by atoms with Crippen LogP contribution >= 0.6 is 11.8 Å². The van der Waals surface area contributed by atoms with Crippen LogP contribution in [0.2, 0.25) is 0 Å². The predicted molar refractivity (Wildman–Crippen MR) is 167 cm³/mol. The van der Waals surface area contributed by atoms with Crippen LogP contribution in [-0.4, -0.2) is 4.57 Å². The number of hydrogen-bond acceptors (Lipinski definition) is 2. The number of aromatic nitrogens is 1. The first kappa shape index (κ1) is 22.7. The van der Waals surface area contributed by atoms with Crippen LogP contribution in [-0.2, 0) is 5.41 Å². The van der Waals surface area contributed by atoms with Gasteiger partial charge in [-0.3, -0.25) is 0 Å². The van der Waals surface area contributed by atoms with Crippen LogP contribution in [0.5, 0.6) is 0 Å². The van der Waals surface area contributed by atoms with Crippen molar-refractivity contribution in [2.24, 2.45) is 0 Å². The molecule has 0 N–H and O–H groups in total. The molecule has 7 aromatic rings. The van der Waals surface area contributed by atoms with Crippen LogP contribution in [0.1, 0.15) is 27.8 Å². The summed E-state index contributed by atoms with van der Waals surface area (Å²) >= 11 is 1.86. The monoisotopic (exact) mass is 538 g/mol. The third-order valence-electron chi connectivity index (χ3n) is 8.89. The summed E-state index contributed by atoms with van der Waals surface area (Å²) in [5, 5.41) is 11.9. The van der Waals surface area contributed by atoms with E-state index < -0.39 is 5.41 Å². The van der Waals surface area contributed by atoms with E-state index in [9.17, 15) is 5.26 Å². The second-order valence-corrected chi connectivity index (χ2v) is 11.9. The molecule has 0 saturated heterocycles. The maximum atomic E-state index is 9.36. The van der Waals surface area contributed by atoms with Crippen molar-refractivity contribution in [2.45, 2.75) is 15.2 Å². The van der Waals surface area contributed by atoms with E-state index in [1.807, 2.05) is 23.9 Å². The summed E-state index contributed by atoms with van der Waals surface area (Å²) in [7, 11) is 0. The Hall–Kier alpha value is -5.04. The molecule has 41 heavy (non-hydrogen) atoms. The molecule has 0 fully saturated rings. The number of fused-ring (bicyclic) bond motifs is 11. The molecular weight excluding hydrogens is 516 g/mol. The lowest BCUT2D eigenvalue weighted by Crippen LogP contribution is -2.37. The highest BCUT2D eigenvalue weighted by molar-refractivity contribution is 7.99. The first-order valence-corrected chi connectivity index (χ1v) is 14.7. The van der Waals surface area contributed by atoms with E-state index in [1.54, 1.807) is 0 Å². The molecular formula is C38H22N2S. The van der Waals surface area contributed by atoms with Crippen molar-refractivity contribution in [3.8, 4) is 22.9 Å². The second-order valence-electron chi connectivity index (χ2n) is 10.8. The lowest BCUT2D eigenvalue weighted by Gasteiger charge is -2.45. The average molecular weight is 539 g/mol. The summed E-state index contributed by atoms with van der Waals surface area (Å²) in [6.45, 7) is 0. The summed E-state index contributed by atoms with van der Waals surface area (Å²) in [4.78, 5) is 2.57. The summed E-state index contributed by atoms with van der Waals surface area (Å²) < 4.78 is 2.48. The van der Waals surface area contributed by atoms with E-state index in [0.29, 0.717) is 5.56 Å². The number of hydrogen-bond donors (Lipinski definition) is 0. The van der Waals surface area contributed by atoms with Crippen molar-refractivity contribution in [3.05, 3.63) is 161 Å². The zero-order valence-corrected chi connectivity index (χ0v) is 22.8. The molecule has 3 heteroatoms. The fourth-order valence-electron chi connectivity index (χ4n) is 7.24. The molecule has 190 valence electrons. The largest absolute Gasteiger partial charge is 0.309 e. The zero-order chi connectivity index (χ0) is 27.1. The van der Waals surface area contributed by atoms with E-state index in [0.717, 1.165) is 11.1 Å². The highest BCUT2D eigenvalue weighted by atomic mass is 32.2. The first-order valence-electron chi connectivity index (χ1n) is 13.8. The Morgan fingerprint density at radius 1 is 0.561 bits per heavy atom. The molecule has 0 amide bonds. The lowest BCUT2D eigenvalue weighted by molar-refractivity contribution is 0.690. The molecule has 2 aliphatic heterocycles. The van der Waals surface area contributed by atoms with Crippen LogP contribution in [0.15, 0.2) is 143 Å². The van der Waals surface area contributed by atoms with Crippen molar-refractivity contribution >= 4 is 33.6 Å². The van der Waals surface area contributed by atoms with Gasteiger partial charge in [-0.25, -0.2) is 0 Å². The smallest absolute Gasteiger partial charge is 0.0991 e. The molecule has 3 heterocycles. The van der Waals surface area contributed by atoms with Crippen LogP contribution in [0.4, 0.5) is 0 Å². The Labute approximate surface area is 242 Å². The van der Waals surface area contributed by atoms with Gasteiger partial charge in [-0.2, -0.15) is 5.26 Å². The van der Waals surface area contributed by atoms with E-state index in [4.69, 9.17) is 0 Å². The minimum absolute atomic E-state index is 0.486. The van der Waals surface area contributed by atoms with Crippen LogP contribution in [0.3, 0.4) is 0 Å². The SMILES string of the molecule is N#Cc1ccc(-c2ccc3c(c2)C2(c4ccccc4S3)c3ccccc3-n3c4ccccc4c4cccc2c43)cc1. The van der Waals surface area contributed by atoms with Crippen molar-refractivity contribution < 1.29 is 0 Å². The van der Waals surface area contributed by atoms with E-state index in [2.05, 4.69) is 132 Å². The van der Waals surface area contributed by atoms with Gasteiger partial charge in [0.05, 0.1) is 33.8 Å². The third kappa shape index (κ3) is 2.87. The molecule has 0 aliphatic carbocycles. The van der Waals surface area contributed by atoms with Gasteiger partial charge in [0.2, 0.25) is 0 Å². The molecule has 0 radical (unpaired) electrons. The number of rotatable bonds is 1. The molecule has 1 atom stereocenters. The zero-order valence-electron chi connectivity index (χ0n) is 22.0. The lowest BCUT2D eigenvalue weighted by atomic mass is 9.62. The van der Waals surface area contributed by atoms with Gasteiger partial charge < -0.3 is 4.57 Å². The highest BCUT2D eigenvalue weighted by Gasteiger charge is 2.49. The van der Waals surface area contributed by atoms with Gasteiger partial charge in [0.25, 0.3) is 0 Å². The van der Waals surface area contributed by atoms with E-state index >= 15 is 0 Å². The van der Waals surface area contributed by atoms with Gasteiger partial charge >= 0.3 is 0 Å². The molecule has 1 unspecified atom stereocenters. The quantitative estimate of drug-likeness (QED) is 0.208. The fraction of sp³-hybridized carbons (Fsp3) is 0.0263. The molecule has 0 saturated carbocycles. The maximum Gasteiger partial charge on any atom is 0.0991 e. The number of nitriles is 1. The van der Waals surface area contributed by atoms with Crippen LogP contribution in [0, 0.1) is 11.3 Å². The number of benzene rings is 6. The Morgan fingerprint density at radius 2 is 1.24 bits per heavy atom. The Morgan fingerprint density at radius 3 is 2.12 bits per heavy atom. The van der Waals surface area contributed by atoms with Gasteiger partial charge in [-0.05, 0) is 75.8 Å². The molecule has 2 nitrogen and oxygen atoms in total. The second kappa shape index (κ2) is 8.24. The topological polar surface area (TPSA) is 28.7 Å². The molecule has 6 aromatic carbocycles. The minimum atomic E-state index is -0.486. The van der Waals surface area contributed by atoms with E-state index in [-0.39, 0.29) is 0 Å². The third-order valence-corrected chi connectivity index (χ3v) is 10.0. The van der Waals surface area contributed by atoms with Crippen molar-refractivity contribution in [1.82, 2.24) is 4.57 Å². The summed E-state index contributed by atoms with van der Waals surface area (Å²) in [5.74, 6) is 0. The van der Waals surface area contributed by atoms with Gasteiger partial charge in [0, 0.05) is 20.6 Å². The minimum Gasteiger partial charge on any atom is -0.309 e. The first-order chi connectivity index (χ1) is 20.3. The van der Waals surface area contributed by atoms with Crippen LogP contribution in [0.25, 0.3) is 38.6 Å². The summed E-state index contributed by atoms with van der Waals surface area (Å²) in [5.41, 5.74) is 11.5. The maximum absolute atomic E-state index is 9.36. The standard InChI is InChI=1S/C38H22N2S/c39-23-24-16-18-25(19-17-24)26-20-21-36-32(22-26)38(30-11-3-6-15-35(30)41-36)29-10-2-5-14-34(29)40-33-13-4-1-8-27(33)28-9-7-12-31(38)37(28)40/h1-22H.